The molecule has 0 amide bonds. The Morgan fingerprint density at radius 3 is 2.74 bits per heavy atom. The fraction of sp³-hybridized carbons (Fsp3) is 0.300. The summed E-state index contributed by atoms with van der Waals surface area (Å²) in [6.07, 6.45) is 0. The molecule has 2 aliphatic heterocycles. The fourth-order valence-electron chi connectivity index (χ4n) is 3.39. The minimum Gasteiger partial charge on any atom is -0.454 e. The van der Waals surface area contributed by atoms with Crippen molar-refractivity contribution in [2.75, 3.05) is 43.3 Å². The first-order valence-corrected chi connectivity index (χ1v) is 9.09. The third-order valence-electron chi connectivity index (χ3n) is 4.78. The van der Waals surface area contributed by atoms with E-state index in [0.29, 0.717) is 12.5 Å². The highest BCUT2D eigenvalue weighted by atomic mass is 16.7. The van der Waals surface area contributed by atoms with E-state index in [0.717, 1.165) is 60.1 Å². The second-order valence-electron chi connectivity index (χ2n) is 6.53. The summed E-state index contributed by atoms with van der Waals surface area (Å²) in [6, 6.07) is 14.0. The Labute approximate surface area is 156 Å². The van der Waals surface area contributed by atoms with Crippen molar-refractivity contribution in [3.63, 3.8) is 0 Å². The number of para-hydroxylation sites is 1. The van der Waals surface area contributed by atoms with E-state index in [-0.39, 0.29) is 6.79 Å². The van der Waals surface area contributed by atoms with Crippen molar-refractivity contribution in [1.29, 1.82) is 0 Å². The zero-order chi connectivity index (χ0) is 18.1. The van der Waals surface area contributed by atoms with Gasteiger partial charge in [0.05, 0.1) is 18.7 Å². The molecule has 0 spiro atoms. The van der Waals surface area contributed by atoms with E-state index >= 15 is 0 Å². The van der Waals surface area contributed by atoms with Gasteiger partial charge in [0.1, 0.15) is 5.82 Å². The van der Waals surface area contributed by atoms with Crippen LogP contribution in [0.4, 0.5) is 11.8 Å². The van der Waals surface area contributed by atoms with Gasteiger partial charge in [-0.2, -0.15) is 4.98 Å². The topological polar surface area (TPSA) is 68.7 Å². The van der Waals surface area contributed by atoms with Crippen LogP contribution in [0.15, 0.2) is 42.5 Å². The molecule has 27 heavy (non-hydrogen) atoms. The summed E-state index contributed by atoms with van der Waals surface area (Å²) in [5.74, 6) is 3.14. The maximum absolute atomic E-state index is 5.48. The molecule has 1 N–H and O–H groups in total. The summed E-state index contributed by atoms with van der Waals surface area (Å²) in [4.78, 5) is 11.7. The van der Waals surface area contributed by atoms with Crippen LogP contribution in [0.1, 0.15) is 5.56 Å². The van der Waals surface area contributed by atoms with Crippen LogP contribution in [-0.2, 0) is 11.3 Å². The maximum atomic E-state index is 5.48. The van der Waals surface area contributed by atoms with Gasteiger partial charge in [-0.1, -0.05) is 18.2 Å². The molecule has 138 valence electrons. The number of fused-ring (bicyclic) bond motifs is 2. The number of rotatable bonds is 4. The van der Waals surface area contributed by atoms with Gasteiger partial charge in [0, 0.05) is 25.0 Å². The van der Waals surface area contributed by atoms with Crippen molar-refractivity contribution in [3.05, 3.63) is 48.0 Å². The zero-order valence-electron chi connectivity index (χ0n) is 14.9. The van der Waals surface area contributed by atoms with Crippen LogP contribution in [-0.4, -0.2) is 43.1 Å². The number of anilines is 2. The summed E-state index contributed by atoms with van der Waals surface area (Å²) < 4.78 is 16.3. The van der Waals surface area contributed by atoms with Crippen molar-refractivity contribution in [3.8, 4) is 11.5 Å². The van der Waals surface area contributed by atoms with Crippen LogP contribution in [0.5, 0.6) is 11.5 Å². The molecule has 0 atom stereocenters. The summed E-state index contributed by atoms with van der Waals surface area (Å²) in [5.41, 5.74) is 2.02. The van der Waals surface area contributed by atoms with Gasteiger partial charge in [0.15, 0.2) is 11.5 Å². The van der Waals surface area contributed by atoms with Crippen molar-refractivity contribution in [1.82, 2.24) is 9.97 Å². The van der Waals surface area contributed by atoms with E-state index in [4.69, 9.17) is 19.2 Å². The monoisotopic (exact) mass is 364 g/mol. The van der Waals surface area contributed by atoms with Gasteiger partial charge in [-0.25, -0.2) is 4.98 Å². The Bertz CT molecular complexity index is 973. The lowest BCUT2D eigenvalue weighted by atomic mass is 10.2. The van der Waals surface area contributed by atoms with E-state index < -0.39 is 0 Å². The van der Waals surface area contributed by atoms with Crippen LogP contribution in [0, 0.1) is 0 Å². The highest BCUT2D eigenvalue weighted by Gasteiger charge is 2.17. The van der Waals surface area contributed by atoms with Crippen LogP contribution < -0.4 is 19.7 Å². The standard InChI is InChI=1S/C20H20N4O3/c1-2-4-16-15(3-1)19(24-7-9-25-10-8-24)23-20(22-16)21-12-14-5-6-17-18(11-14)27-13-26-17/h1-6,11H,7-10,12-13H2,(H,21,22,23). The number of nitrogens with one attached hydrogen (secondary N) is 1. The molecule has 0 saturated carbocycles. The molecule has 7 heteroatoms. The highest BCUT2D eigenvalue weighted by molar-refractivity contribution is 5.90. The largest absolute Gasteiger partial charge is 0.454 e. The van der Waals surface area contributed by atoms with Crippen LogP contribution in [0.25, 0.3) is 10.9 Å². The Kier molecular flexibility index (Phi) is 4.14. The molecule has 0 unspecified atom stereocenters. The lowest BCUT2D eigenvalue weighted by Gasteiger charge is -2.29. The Morgan fingerprint density at radius 2 is 1.81 bits per heavy atom. The number of ether oxygens (including phenoxy) is 3. The third kappa shape index (κ3) is 3.21. The molecule has 3 aromatic rings. The number of hydrogen-bond acceptors (Lipinski definition) is 7. The maximum Gasteiger partial charge on any atom is 0.231 e. The zero-order valence-corrected chi connectivity index (χ0v) is 14.9. The second-order valence-corrected chi connectivity index (χ2v) is 6.53. The minimum absolute atomic E-state index is 0.281. The Hall–Kier alpha value is -3.06. The number of aromatic nitrogens is 2. The van der Waals surface area contributed by atoms with Crippen LogP contribution in [0.2, 0.25) is 0 Å². The molecule has 1 fully saturated rings. The van der Waals surface area contributed by atoms with E-state index in [2.05, 4.69) is 21.3 Å². The predicted molar refractivity (Wildman–Crippen MR) is 102 cm³/mol. The molecule has 5 rings (SSSR count). The van der Waals surface area contributed by atoms with Gasteiger partial charge in [0.2, 0.25) is 12.7 Å². The SMILES string of the molecule is c1ccc2c(N3CCOCC3)nc(NCc3ccc4c(c3)OCO4)nc2c1. The number of benzene rings is 2. The smallest absolute Gasteiger partial charge is 0.231 e. The lowest BCUT2D eigenvalue weighted by molar-refractivity contribution is 0.122. The van der Waals surface area contributed by atoms with Gasteiger partial charge < -0.3 is 24.4 Å². The van der Waals surface area contributed by atoms with Gasteiger partial charge in [-0.05, 0) is 29.8 Å². The summed E-state index contributed by atoms with van der Waals surface area (Å²) >= 11 is 0. The molecule has 0 aliphatic carbocycles. The van der Waals surface area contributed by atoms with E-state index in [1.54, 1.807) is 0 Å². The van der Waals surface area contributed by atoms with Gasteiger partial charge in [-0.15, -0.1) is 0 Å². The first kappa shape index (κ1) is 16.1. The Balaban J connectivity index is 1.42. The molecular weight excluding hydrogens is 344 g/mol. The average molecular weight is 364 g/mol. The molecule has 1 aromatic heterocycles. The summed E-state index contributed by atoms with van der Waals surface area (Å²) in [5, 5.41) is 4.41. The van der Waals surface area contributed by atoms with Crippen molar-refractivity contribution >= 4 is 22.7 Å². The van der Waals surface area contributed by atoms with Gasteiger partial charge in [-0.3, -0.25) is 0 Å². The average Bonchev–Trinajstić information content (AvgIpc) is 3.20. The normalized spacial score (nSPS) is 15.9. The fourth-order valence-corrected chi connectivity index (χ4v) is 3.39. The van der Waals surface area contributed by atoms with Crippen LogP contribution >= 0.6 is 0 Å². The lowest BCUT2D eigenvalue weighted by Crippen LogP contribution is -2.37. The predicted octanol–water partition coefficient (Wildman–Crippen LogP) is 2.81. The molecule has 0 bridgehead atoms. The second kappa shape index (κ2) is 6.92. The van der Waals surface area contributed by atoms with Crippen molar-refractivity contribution < 1.29 is 14.2 Å². The highest BCUT2D eigenvalue weighted by Crippen LogP contribution is 2.32. The molecule has 1 saturated heterocycles. The first-order valence-electron chi connectivity index (χ1n) is 9.09. The van der Waals surface area contributed by atoms with Gasteiger partial charge >= 0.3 is 0 Å². The Morgan fingerprint density at radius 1 is 0.963 bits per heavy atom. The van der Waals surface area contributed by atoms with Gasteiger partial charge in [0.25, 0.3) is 0 Å². The number of nitrogens with zero attached hydrogens (tertiary/aromatic N) is 3. The van der Waals surface area contributed by atoms with Crippen molar-refractivity contribution in [2.45, 2.75) is 6.54 Å². The number of morpholine rings is 1. The van der Waals surface area contributed by atoms with E-state index in [1.165, 1.54) is 0 Å². The molecule has 2 aromatic carbocycles. The first-order chi connectivity index (χ1) is 13.4. The van der Waals surface area contributed by atoms with E-state index in [1.807, 2.05) is 36.4 Å². The van der Waals surface area contributed by atoms with Crippen molar-refractivity contribution in [2.24, 2.45) is 0 Å². The van der Waals surface area contributed by atoms with Crippen LogP contribution in [0.3, 0.4) is 0 Å². The third-order valence-corrected chi connectivity index (χ3v) is 4.78. The minimum atomic E-state index is 0.281. The van der Waals surface area contributed by atoms with E-state index in [9.17, 15) is 0 Å². The molecular formula is C20H20N4O3. The summed E-state index contributed by atoms with van der Waals surface area (Å²) in [7, 11) is 0. The molecule has 3 heterocycles. The molecule has 2 aliphatic rings. The molecule has 7 nitrogen and oxygen atoms in total. The number of hydrogen-bond donors (Lipinski definition) is 1. The quantitative estimate of drug-likeness (QED) is 0.763. The molecule has 0 radical (unpaired) electrons. The summed E-state index contributed by atoms with van der Waals surface area (Å²) in [6.45, 7) is 4.00.